The molecule has 3 aromatic rings. The van der Waals surface area contributed by atoms with E-state index in [1.165, 1.54) is 36.8 Å². The number of carbonyl (C=O) groups excluding carboxylic acids is 1. The van der Waals surface area contributed by atoms with Crippen LogP contribution in [0.1, 0.15) is 83.9 Å². The van der Waals surface area contributed by atoms with Crippen LogP contribution in [0, 0.1) is 20.8 Å². The smallest absolute Gasteiger partial charge is 0.256 e. The number of hydrogen-bond donors (Lipinski definition) is 1. The molecule has 0 aliphatic rings. The fourth-order valence-electron chi connectivity index (χ4n) is 3.96. The van der Waals surface area contributed by atoms with Crippen LogP contribution in [0.25, 0.3) is 5.65 Å². The Balaban J connectivity index is 1.70. The maximum atomic E-state index is 12.7. The molecular formula is C25H34N4O. The summed E-state index contributed by atoms with van der Waals surface area (Å²) < 4.78 is 1.80. The predicted molar refractivity (Wildman–Crippen MR) is 122 cm³/mol. The van der Waals surface area contributed by atoms with Crippen LogP contribution >= 0.6 is 0 Å². The molecule has 0 atom stereocenters. The van der Waals surface area contributed by atoms with Gasteiger partial charge in [0.1, 0.15) is 5.56 Å². The minimum Gasteiger partial charge on any atom is -0.352 e. The van der Waals surface area contributed by atoms with E-state index in [-0.39, 0.29) is 5.91 Å². The summed E-state index contributed by atoms with van der Waals surface area (Å²) in [6.45, 7) is 9.10. The molecule has 0 radical (unpaired) electrons. The molecule has 1 N–H and O–H groups in total. The molecule has 0 bridgehead atoms. The van der Waals surface area contributed by atoms with Crippen molar-refractivity contribution in [2.75, 3.05) is 6.54 Å². The molecule has 0 aliphatic heterocycles. The summed E-state index contributed by atoms with van der Waals surface area (Å²) in [7, 11) is 0. The second-order valence-corrected chi connectivity index (χ2v) is 8.24. The van der Waals surface area contributed by atoms with Gasteiger partial charge in [-0.2, -0.15) is 5.10 Å². The van der Waals surface area contributed by atoms with Crippen LogP contribution in [0.4, 0.5) is 0 Å². The van der Waals surface area contributed by atoms with Crippen LogP contribution in [-0.2, 0) is 6.42 Å². The van der Waals surface area contributed by atoms with Gasteiger partial charge in [0.2, 0.25) is 0 Å². The first-order valence-corrected chi connectivity index (χ1v) is 11.2. The predicted octanol–water partition coefficient (Wildman–Crippen LogP) is 5.34. The molecule has 0 saturated carbocycles. The van der Waals surface area contributed by atoms with Gasteiger partial charge in [-0.15, -0.1) is 0 Å². The molecule has 5 nitrogen and oxygen atoms in total. The Morgan fingerprint density at radius 3 is 2.60 bits per heavy atom. The molecule has 1 aromatic carbocycles. The van der Waals surface area contributed by atoms with Crippen molar-refractivity contribution in [3.8, 4) is 0 Å². The fraction of sp³-hybridized carbons (Fsp3) is 0.480. The molecule has 160 valence electrons. The van der Waals surface area contributed by atoms with E-state index in [0.717, 1.165) is 36.2 Å². The van der Waals surface area contributed by atoms with Crippen LogP contribution in [0.3, 0.4) is 0 Å². The van der Waals surface area contributed by atoms with Gasteiger partial charge in [0.05, 0.1) is 6.20 Å². The summed E-state index contributed by atoms with van der Waals surface area (Å²) in [5, 5.41) is 7.51. The zero-order valence-electron chi connectivity index (χ0n) is 18.8. The Bertz CT molecular complexity index is 1010. The van der Waals surface area contributed by atoms with E-state index >= 15 is 0 Å². The van der Waals surface area contributed by atoms with Gasteiger partial charge >= 0.3 is 0 Å². The lowest BCUT2D eigenvalue weighted by Crippen LogP contribution is -2.24. The number of unbranched alkanes of at least 4 members (excludes halogenated alkanes) is 5. The summed E-state index contributed by atoms with van der Waals surface area (Å²) in [4.78, 5) is 17.4. The maximum Gasteiger partial charge on any atom is 0.256 e. The maximum absolute atomic E-state index is 12.7. The monoisotopic (exact) mass is 406 g/mol. The highest BCUT2D eigenvalue weighted by Gasteiger charge is 2.18. The van der Waals surface area contributed by atoms with E-state index in [9.17, 15) is 4.79 Å². The van der Waals surface area contributed by atoms with E-state index < -0.39 is 0 Å². The van der Waals surface area contributed by atoms with E-state index in [1.807, 2.05) is 6.92 Å². The van der Waals surface area contributed by atoms with Crippen molar-refractivity contribution in [1.29, 1.82) is 0 Å². The van der Waals surface area contributed by atoms with Gasteiger partial charge in [-0.05, 0) is 38.3 Å². The Morgan fingerprint density at radius 1 is 1.07 bits per heavy atom. The minimum atomic E-state index is -0.0868. The van der Waals surface area contributed by atoms with Crippen LogP contribution in [0.5, 0.6) is 0 Å². The Hall–Kier alpha value is -2.69. The number of nitrogens with one attached hydrogen (secondary N) is 1. The molecule has 30 heavy (non-hydrogen) atoms. The van der Waals surface area contributed by atoms with Crippen molar-refractivity contribution in [3.05, 3.63) is 64.1 Å². The molecule has 0 saturated heterocycles. The largest absolute Gasteiger partial charge is 0.352 e. The average molecular weight is 407 g/mol. The molecule has 0 unspecified atom stereocenters. The third-order valence-electron chi connectivity index (χ3n) is 5.73. The molecule has 1 amide bonds. The standard InChI is InChI=1S/C25H34N4O/c1-5-6-7-8-9-10-14-26-25(30)23-17-27-29-20(4)22(19(3)28-24(23)29)16-21-13-11-12-18(2)15-21/h11-13,15,17H,5-10,14,16H2,1-4H3,(H,26,30). The molecule has 0 aliphatic carbocycles. The van der Waals surface area contributed by atoms with E-state index in [2.05, 4.69) is 55.5 Å². The summed E-state index contributed by atoms with van der Waals surface area (Å²) in [6.07, 6.45) is 9.70. The first-order valence-electron chi connectivity index (χ1n) is 11.2. The normalized spacial score (nSPS) is 11.2. The van der Waals surface area contributed by atoms with Gasteiger partial charge in [-0.1, -0.05) is 68.9 Å². The number of amides is 1. The number of rotatable bonds is 10. The average Bonchev–Trinajstić information content (AvgIpc) is 3.14. The quantitative estimate of drug-likeness (QED) is 0.463. The lowest BCUT2D eigenvalue weighted by Gasteiger charge is -2.12. The SMILES string of the molecule is CCCCCCCCNC(=O)c1cnn2c(C)c(Cc3cccc(C)c3)c(C)nc12. The Kier molecular flexibility index (Phi) is 7.61. The van der Waals surface area contributed by atoms with Crippen molar-refractivity contribution in [2.24, 2.45) is 0 Å². The zero-order valence-corrected chi connectivity index (χ0v) is 18.8. The summed E-state index contributed by atoms with van der Waals surface area (Å²) in [5.74, 6) is -0.0868. The summed E-state index contributed by atoms with van der Waals surface area (Å²) >= 11 is 0. The van der Waals surface area contributed by atoms with Crippen molar-refractivity contribution >= 4 is 11.6 Å². The highest BCUT2D eigenvalue weighted by Crippen LogP contribution is 2.21. The van der Waals surface area contributed by atoms with Gasteiger partial charge in [-0.3, -0.25) is 4.79 Å². The number of hydrogen-bond acceptors (Lipinski definition) is 3. The Labute approximate surface area is 179 Å². The van der Waals surface area contributed by atoms with Crippen LogP contribution in [0.2, 0.25) is 0 Å². The topological polar surface area (TPSA) is 59.3 Å². The molecular weight excluding hydrogens is 372 g/mol. The lowest BCUT2D eigenvalue weighted by molar-refractivity contribution is 0.0954. The number of fused-ring (bicyclic) bond motifs is 1. The zero-order chi connectivity index (χ0) is 21.5. The lowest BCUT2D eigenvalue weighted by atomic mass is 10.0. The van der Waals surface area contributed by atoms with Gasteiger partial charge < -0.3 is 5.32 Å². The van der Waals surface area contributed by atoms with Crippen molar-refractivity contribution < 1.29 is 4.79 Å². The van der Waals surface area contributed by atoms with E-state index in [1.54, 1.807) is 10.7 Å². The summed E-state index contributed by atoms with van der Waals surface area (Å²) in [6, 6.07) is 8.53. The van der Waals surface area contributed by atoms with Crippen molar-refractivity contribution in [2.45, 2.75) is 72.6 Å². The number of aryl methyl sites for hydroxylation is 3. The molecule has 0 spiro atoms. The van der Waals surface area contributed by atoms with Crippen LogP contribution < -0.4 is 5.32 Å². The van der Waals surface area contributed by atoms with Crippen molar-refractivity contribution in [1.82, 2.24) is 19.9 Å². The van der Waals surface area contributed by atoms with Crippen LogP contribution in [0.15, 0.2) is 30.5 Å². The van der Waals surface area contributed by atoms with Crippen LogP contribution in [-0.4, -0.2) is 27.0 Å². The highest BCUT2D eigenvalue weighted by molar-refractivity contribution is 5.99. The number of carbonyl (C=O) groups is 1. The molecule has 0 fully saturated rings. The first kappa shape index (κ1) is 22.0. The second-order valence-electron chi connectivity index (χ2n) is 8.24. The number of benzene rings is 1. The van der Waals surface area contributed by atoms with Crippen molar-refractivity contribution in [3.63, 3.8) is 0 Å². The van der Waals surface area contributed by atoms with Gasteiger partial charge in [0.15, 0.2) is 5.65 Å². The minimum absolute atomic E-state index is 0.0868. The number of nitrogens with zero attached hydrogens (tertiary/aromatic N) is 3. The van der Waals surface area contributed by atoms with Gasteiger partial charge in [0, 0.05) is 24.4 Å². The third kappa shape index (κ3) is 5.26. The summed E-state index contributed by atoms with van der Waals surface area (Å²) in [5.41, 5.74) is 6.84. The van der Waals surface area contributed by atoms with E-state index in [4.69, 9.17) is 4.98 Å². The van der Waals surface area contributed by atoms with Gasteiger partial charge in [0.25, 0.3) is 5.91 Å². The molecule has 3 rings (SSSR count). The Morgan fingerprint density at radius 2 is 1.83 bits per heavy atom. The highest BCUT2D eigenvalue weighted by atomic mass is 16.1. The van der Waals surface area contributed by atoms with E-state index in [0.29, 0.717) is 17.8 Å². The fourth-order valence-corrected chi connectivity index (χ4v) is 3.96. The number of aromatic nitrogens is 3. The molecule has 2 aromatic heterocycles. The molecule has 5 heteroatoms. The molecule has 2 heterocycles. The third-order valence-corrected chi connectivity index (χ3v) is 5.73. The first-order chi connectivity index (χ1) is 14.5. The van der Waals surface area contributed by atoms with Gasteiger partial charge in [-0.25, -0.2) is 9.50 Å². The second kappa shape index (κ2) is 10.4.